The summed E-state index contributed by atoms with van der Waals surface area (Å²) in [5, 5.41) is 1.06. The molecule has 3 aromatic rings. The highest BCUT2D eigenvalue weighted by Crippen LogP contribution is 2.25. The van der Waals surface area contributed by atoms with E-state index in [9.17, 15) is 4.39 Å². The highest BCUT2D eigenvalue weighted by atomic mass is 19.1. The van der Waals surface area contributed by atoms with Crippen LogP contribution in [-0.4, -0.2) is 54.8 Å². The lowest BCUT2D eigenvalue weighted by molar-refractivity contribution is 0.129. The summed E-state index contributed by atoms with van der Waals surface area (Å²) in [6, 6.07) is 5.53. The van der Waals surface area contributed by atoms with E-state index in [0.29, 0.717) is 18.5 Å². The molecule has 1 N–H and O–H groups in total. The summed E-state index contributed by atoms with van der Waals surface area (Å²) < 4.78 is 25.2. The lowest BCUT2D eigenvalue weighted by Crippen LogP contribution is -2.29. The number of halogens is 1. The Morgan fingerprint density at radius 3 is 3.00 bits per heavy atom. The molecular weight excluding hydrogens is 419 g/mol. The third kappa shape index (κ3) is 5.14. The number of anilines is 1. The topological polar surface area (TPSA) is 57.5 Å². The smallest absolute Gasteiger partial charge is 0.298 e. The molecule has 0 aliphatic carbocycles. The van der Waals surface area contributed by atoms with Crippen LogP contribution in [0.4, 0.5) is 10.4 Å². The molecule has 0 radical (unpaired) electrons. The molecule has 176 valence electrons. The van der Waals surface area contributed by atoms with Crippen molar-refractivity contribution in [3.63, 3.8) is 0 Å². The molecule has 1 aromatic carbocycles. The number of aromatic amines is 1. The fourth-order valence-electron chi connectivity index (χ4n) is 4.31. The molecule has 0 amide bonds. The van der Waals surface area contributed by atoms with Crippen LogP contribution in [0.15, 0.2) is 41.0 Å². The molecule has 1 aliphatic heterocycles. The van der Waals surface area contributed by atoms with Crippen LogP contribution in [0.2, 0.25) is 0 Å². The van der Waals surface area contributed by atoms with Gasteiger partial charge in [0, 0.05) is 55.4 Å². The number of benzene rings is 1. The SMILES string of the molecule is C=C/C(=C\c1nc(N2CCOCC(C)C2)oc1C)N(C)CCc1[nH]c2cc(F)ccc2c1C. The number of hydrogen-bond acceptors (Lipinski definition) is 5. The second kappa shape index (κ2) is 9.83. The van der Waals surface area contributed by atoms with Crippen LogP contribution in [-0.2, 0) is 11.2 Å². The first kappa shape index (κ1) is 23.1. The predicted octanol–water partition coefficient (Wildman–Crippen LogP) is 5.09. The summed E-state index contributed by atoms with van der Waals surface area (Å²) in [7, 11) is 2.04. The van der Waals surface area contributed by atoms with E-state index >= 15 is 0 Å². The van der Waals surface area contributed by atoms with Gasteiger partial charge < -0.3 is 23.9 Å². The van der Waals surface area contributed by atoms with Gasteiger partial charge in [0.1, 0.15) is 17.3 Å². The summed E-state index contributed by atoms with van der Waals surface area (Å²) in [6.07, 6.45) is 4.65. The molecule has 6 nitrogen and oxygen atoms in total. The molecule has 0 bridgehead atoms. The van der Waals surface area contributed by atoms with Gasteiger partial charge in [0.2, 0.25) is 0 Å². The van der Waals surface area contributed by atoms with Crippen LogP contribution >= 0.6 is 0 Å². The minimum absolute atomic E-state index is 0.228. The number of aromatic nitrogens is 2. The van der Waals surface area contributed by atoms with E-state index in [0.717, 1.165) is 72.0 Å². The molecule has 1 atom stereocenters. The maximum absolute atomic E-state index is 13.6. The van der Waals surface area contributed by atoms with Crippen LogP contribution in [0.1, 0.15) is 29.6 Å². The van der Waals surface area contributed by atoms with Crippen LogP contribution in [0.5, 0.6) is 0 Å². The van der Waals surface area contributed by atoms with Crippen molar-refractivity contribution in [3.05, 3.63) is 65.1 Å². The maximum atomic E-state index is 13.6. The summed E-state index contributed by atoms with van der Waals surface area (Å²) in [5.41, 5.74) is 4.88. The van der Waals surface area contributed by atoms with Crippen LogP contribution in [0, 0.1) is 25.6 Å². The van der Waals surface area contributed by atoms with E-state index in [1.54, 1.807) is 6.07 Å². The second-order valence-corrected chi connectivity index (χ2v) is 8.93. The Morgan fingerprint density at radius 2 is 2.21 bits per heavy atom. The fraction of sp³-hybridized carbons (Fsp3) is 0.423. The zero-order valence-electron chi connectivity index (χ0n) is 19.9. The highest BCUT2D eigenvalue weighted by Gasteiger charge is 2.21. The van der Waals surface area contributed by atoms with Crippen molar-refractivity contribution in [2.45, 2.75) is 27.2 Å². The van der Waals surface area contributed by atoms with Gasteiger partial charge in [-0.05, 0) is 55.7 Å². The Morgan fingerprint density at radius 1 is 1.39 bits per heavy atom. The molecule has 33 heavy (non-hydrogen) atoms. The number of oxazole rings is 1. The lowest BCUT2D eigenvalue weighted by Gasteiger charge is -2.20. The monoisotopic (exact) mass is 452 g/mol. The number of hydrogen-bond donors (Lipinski definition) is 1. The molecule has 0 saturated carbocycles. The maximum Gasteiger partial charge on any atom is 0.298 e. The number of fused-ring (bicyclic) bond motifs is 1. The van der Waals surface area contributed by atoms with Crippen molar-refractivity contribution in [2.75, 3.05) is 44.8 Å². The fourth-order valence-corrected chi connectivity index (χ4v) is 4.31. The van der Waals surface area contributed by atoms with Gasteiger partial charge in [-0.3, -0.25) is 0 Å². The highest BCUT2D eigenvalue weighted by molar-refractivity contribution is 5.84. The Bertz CT molecular complexity index is 1160. The van der Waals surface area contributed by atoms with Crippen molar-refractivity contribution in [1.29, 1.82) is 0 Å². The Kier molecular flexibility index (Phi) is 6.88. The van der Waals surface area contributed by atoms with Gasteiger partial charge in [0.15, 0.2) is 0 Å². The van der Waals surface area contributed by atoms with Gasteiger partial charge in [-0.1, -0.05) is 13.5 Å². The van der Waals surface area contributed by atoms with Gasteiger partial charge >= 0.3 is 0 Å². The average molecular weight is 453 g/mol. The first-order valence-corrected chi connectivity index (χ1v) is 11.5. The second-order valence-electron chi connectivity index (χ2n) is 8.93. The molecular formula is C26H33FN4O2. The summed E-state index contributed by atoms with van der Waals surface area (Å²) in [4.78, 5) is 12.4. The summed E-state index contributed by atoms with van der Waals surface area (Å²) >= 11 is 0. The third-order valence-electron chi connectivity index (χ3n) is 6.29. The van der Waals surface area contributed by atoms with Crippen molar-refractivity contribution in [1.82, 2.24) is 14.9 Å². The molecule has 1 unspecified atom stereocenters. The number of rotatable bonds is 7. The van der Waals surface area contributed by atoms with Gasteiger partial charge in [-0.25, -0.2) is 4.39 Å². The Hall–Kier alpha value is -3.06. The minimum atomic E-state index is -0.228. The number of nitrogens with zero attached hydrogens (tertiary/aromatic N) is 3. The van der Waals surface area contributed by atoms with Gasteiger partial charge in [-0.2, -0.15) is 4.98 Å². The van der Waals surface area contributed by atoms with Crippen molar-refractivity contribution in [2.24, 2.45) is 5.92 Å². The molecule has 4 rings (SSSR count). The van der Waals surface area contributed by atoms with E-state index in [2.05, 4.69) is 35.2 Å². The molecule has 7 heteroatoms. The number of aryl methyl sites for hydroxylation is 2. The van der Waals surface area contributed by atoms with Gasteiger partial charge in [0.25, 0.3) is 6.01 Å². The summed E-state index contributed by atoms with van der Waals surface area (Å²) in [6.45, 7) is 14.0. The molecule has 0 spiro atoms. The Balaban J connectivity index is 1.48. The molecule has 2 aromatic heterocycles. The predicted molar refractivity (Wildman–Crippen MR) is 131 cm³/mol. The number of allylic oxidation sites excluding steroid dienone is 1. The normalized spacial score (nSPS) is 17.4. The Labute approximate surface area is 194 Å². The van der Waals surface area contributed by atoms with Gasteiger partial charge in [0.05, 0.1) is 13.2 Å². The number of nitrogens with one attached hydrogen (secondary N) is 1. The van der Waals surface area contributed by atoms with Crippen molar-refractivity contribution in [3.8, 4) is 0 Å². The molecule has 1 fully saturated rings. The molecule has 1 saturated heterocycles. The van der Waals surface area contributed by atoms with Crippen molar-refractivity contribution >= 4 is 23.0 Å². The number of likely N-dealkylation sites (N-methyl/N-ethyl adjacent to an activating group) is 1. The van der Waals surface area contributed by atoms with Crippen LogP contribution in [0.25, 0.3) is 17.0 Å². The lowest BCUT2D eigenvalue weighted by atomic mass is 10.1. The van der Waals surface area contributed by atoms with E-state index in [1.807, 2.05) is 32.2 Å². The van der Waals surface area contributed by atoms with E-state index < -0.39 is 0 Å². The van der Waals surface area contributed by atoms with Crippen LogP contribution < -0.4 is 4.90 Å². The van der Waals surface area contributed by atoms with E-state index in [1.165, 1.54) is 6.07 Å². The van der Waals surface area contributed by atoms with E-state index in [4.69, 9.17) is 14.1 Å². The first-order valence-electron chi connectivity index (χ1n) is 11.5. The first-order chi connectivity index (χ1) is 15.9. The minimum Gasteiger partial charge on any atom is -0.428 e. The van der Waals surface area contributed by atoms with Crippen LogP contribution in [0.3, 0.4) is 0 Å². The average Bonchev–Trinajstić information content (AvgIpc) is 3.21. The quantitative estimate of drug-likeness (QED) is 0.506. The number of ether oxygens (including phenoxy) is 1. The van der Waals surface area contributed by atoms with E-state index in [-0.39, 0.29) is 5.82 Å². The zero-order valence-corrected chi connectivity index (χ0v) is 19.9. The molecule has 1 aliphatic rings. The largest absolute Gasteiger partial charge is 0.428 e. The standard InChI is InChI=1S/C26H33FN4O2/c1-6-21(14-24-19(4)33-26(29-24)31-11-12-32-16-17(2)15-31)30(5)10-9-23-18(3)22-8-7-20(27)13-25(22)28-23/h6-8,13-14,17,28H,1,9-12,15-16H2,2-5H3/b21-14+. The third-order valence-corrected chi connectivity index (χ3v) is 6.29. The summed E-state index contributed by atoms with van der Waals surface area (Å²) in [5.74, 6) is 0.982. The zero-order chi connectivity index (χ0) is 23.5. The van der Waals surface area contributed by atoms with Gasteiger partial charge in [-0.15, -0.1) is 0 Å². The molecule has 3 heterocycles. The van der Waals surface area contributed by atoms with Crippen molar-refractivity contribution < 1.29 is 13.5 Å². The number of H-pyrrole nitrogens is 1.